The molecule has 1 aliphatic rings. The van der Waals surface area contributed by atoms with Gasteiger partial charge in [-0.15, -0.1) is 18.9 Å². The molecule has 0 N–H and O–H groups in total. The van der Waals surface area contributed by atoms with Crippen molar-refractivity contribution in [2.75, 3.05) is 0 Å². The molecule has 5 atom stereocenters. The Balaban J connectivity index is 3.04. The molecule has 0 aromatic rings. The van der Waals surface area contributed by atoms with Gasteiger partial charge in [0.1, 0.15) is 0 Å². The first-order chi connectivity index (χ1) is 9.10. The summed E-state index contributed by atoms with van der Waals surface area (Å²) in [5.74, 6) is 7.36. The summed E-state index contributed by atoms with van der Waals surface area (Å²) in [6.07, 6.45) is 14.3. The minimum Gasteiger partial charge on any atom is -0.120 e. The molecule has 0 bridgehead atoms. The van der Waals surface area contributed by atoms with Gasteiger partial charge in [0.05, 0.1) is 0 Å². The van der Waals surface area contributed by atoms with Crippen LogP contribution in [0.5, 0.6) is 0 Å². The third-order valence-electron chi connectivity index (χ3n) is 5.21. The van der Waals surface area contributed by atoms with Gasteiger partial charge in [0.25, 0.3) is 0 Å². The van der Waals surface area contributed by atoms with Gasteiger partial charge in [-0.1, -0.05) is 53.0 Å². The smallest absolute Gasteiger partial charge is 0.0264 e. The first kappa shape index (κ1) is 16.4. The Kier molecular flexibility index (Phi) is 6.70. The zero-order chi connectivity index (χ0) is 14.4. The summed E-state index contributed by atoms with van der Waals surface area (Å²) in [7, 11) is 0. The van der Waals surface area contributed by atoms with Crippen LogP contribution in [0.15, 0.2) is 12.7 Å². The van der Waals surface area contributed by atoms with Gasteiger partial charge in [-0.2, -0.15) is 0 Å². The second-order valence-corrected chi connectivity index (χ2v) is 6.65. The average molecular weight is 260 g/mol. The molecule has 108 valence electrons. The lowest BCUT2D eigenvalue weighted by Crippen LogP contribution is -2.42. The van der Waals surface area contributed by atoms with E-state index in [1.807, 2.05) is 0 Å². The molecule has 1 saturated carbocycles. The maximum absolute atomic E-state index is 5.91. The third-order valence-corrected chi connectivity index (χ3v) is 5.21. The summed E-state index contributed by atoms with van der Waals surface area (Å²) in [5, 5.41) is 0. The Morgan fingerprint density at radius 2 is 2.00 bits per heavy atom. The van der Waals surface area contributed by atoms with Crippen LogP contribution in [0.25, 0.3) is 0 Å². The lowest BCUT2D eigenvalue weighted by Gasteiger charge is -2.47. The van der Waals surface area contributed by atoms with Gasteiger partial charge < -0.3 is 0 Å². The lowest BCUT2D eigenvalue weighted by atomic mass is 9.57. The van der Waals surface area contributed by atoms with Gasteiger partial charge in [-0.05, 0) is 42.4 Å². The fourth-order valence-electron chi connectivity index (χ4n) is 4.45. The van der Waals surface area contributed by atoms with E-state index in [0.717, 1.165) is 18.3 Å². The first-order valence-electron chi connectivity index (χ1n) is 8.17. The molecule has 1 rings (SSSR count). The molecule has 0 spiro atoms. The third kappa shape index (κ3) is 3.65. The SMILES string of the molecule is C#CC1C(CC=C)CC(CC)C(CCC)C1C(C)C. The summed E-state index contributed by atoms with van der Waals surface area (Å²) in [5.41, 5.74) is 0. The highest BCUT2D eigenvalue weighted by Gasteiger charge is 2.43. The van der Waals surface area contributed by atoms with Crippen LogP contribution in [0, 0.1) is 47.9 Å². The quantitative estimate of drug-likeness (QED) is 0.434. The van der Waals surface area contributed by atoms with Crippen molar-refractivity contribution >= 4 is 0 Å². The van der Waals surface area contributed by atoms with Crippen LogP contribution in [0.2, 0.25) is 0 Å². The van der Waals surface area contributed by atoms with E-state index in [2.05, 4.69) is 46.3 Å². The molecule has 0 aromatic heterocycles. The van der Waals surface area contributed by atoms with Crippen molar-refractivity contribution < 1.29 is 0 Å². The largest absolute Gasteiger partial charge is 0.120 e. The molecule has 0 aliphatic heterocycles. The fourth-order valence-corrected chi connectivity index (χ4v) is 4.45. The second-order valence-electron chi connectivity index (χ2n) is 6.65. The Morgan fingerprint density at radius 1 is 1.32 bits per heavy atom. The van der Waals surface area contributed by atoms with Gasteiger partial charge >= 0.3 is 0 Å². The topological polar surface area (TPSA) is 0 Å². The highest BCUT2D eigenvalue weighted by Crippen LogP contribution is 2.49. The van der Waals surface area contributed by atoms with Crippen molar-refractivity contribution in [3.8, 4) is 12.3 Å². The van der Waals surface area contributed by atoms with Gasteiger partial charge in [0, 0.05) is 5.92 Å². The number of hydrogen-bond acceptors (Lipinski definition) is 0. The van der Waals surface area contributed by atoms with Crippen molar-refractivity contribution in [1.82, 2.24) is 0 Å². The van der Waals surface area contributed by atoms with Crippen molar-refractivity contribution in [3.05, 3.63) is 12.7 Å². The Labute approximate surface area is 121 Å². The fraction of sp³-hybridized carbons (Fsp3) is 0.789. The van der Waals surface area contributed by atoms with Gasteiger partial charge in [0.15, 0.2) is 0 Å². The summed E-state index contributed by atoms with van der Waals surface area (Å²) in [6.45, 7) is 13.3. The molecular formula is C19H32. The molecule has 0 nitrogen and oxygen atoms in total. The van der Waals surface area contributed by atoms with E-state index in [1.165, 1.54) is 25.7 Å². The van der Waals surface area contributed by atoms with Gasteiger partial charge in [-0.3, -0.25) is 0 Å². The Bertz CT molecular complexity index is 306. The standard InChI is InChI=1S/C19H32/c1-7-11-16-13-15(9-3)18(12-8-2)19(14(5)6)17(16)10-4/h4,7,14-19H,1,8-9,11-13H2,2-3,5-6H3. The molecule has 1 aliphatic carbocycles. The zero-order valence-corrected chi connectivity index (χ0v) is 13.4. The number of terminal acetylenes is 1. The second kappa shape index (κ2) is 7.78. The normalized spacial score (nSPS) is 35.1. The molecule has 0 amide bonds. The Hall–Kier alpha value is -0.700. The van der Waals surface area contributed by atoms with Gasteiger partial charge in [0.2, 0.25) is 0 Å². The summed E-state index contributed by atoms with van der Waals surface area (Å²) in [4.78, 5) is 0. The van der Waals surface area contributed by atoms with E-state index in [0.29, 0.717) is 23.7 Å². The minimum absolute atomic E-state index is 0.456. The maximum atomic E-state index is 5.91. The number of allylic oxidation sites excluding steroid dienone is 1. The molecule has 0 radical (unpaired) electrons. The van der Waals surface area contributed by atoms with Crippen LogP contribution in [0.4, 0.5) is 0 Å². The van der Waals surface area contributed by atoms with Crippen molar-refractivity contribution in [1.29, 1.82) is 0 Å². The summed E-state index contributed by atoms with van der Waals surface area (Å²) in [6, 6.07) is 0. The van der Waals surface area contributed by atoms with Crippen LogP contribution >= 0.6 is 0 Å². The van der Waals surface area contributed by atoms with Crippen molar-refractivity contribution in [2.45, 2.75) is 59.8 Å². The average Bonchev–Trinajstić information content (AvgIpc) is 2.39. The van der Waals surface area contributed by atoms with Crippen molar-refractivity contribution in [2.24, 2.45) is 35.5 Å². The van der Waals surface area contributed by atoms with Crippen LogP contribution in [0.1, 0.15) is 59.8 Å². The van der Waals surface area contributed by atoms with Crippen LogP contribution in [-0.2, 0) is 0 Å². The molecule has 0 heteroatoms. The lowest BCUT2D eigenvalue weighted by molar-refractivity contribution is 0.0290. The highest BCUT2D eigenvalue weighted by molar-refractivity contribution is 5.06. The van der Waals surface area contributed by atoms with Gasteiger partial charge in [-0.25, -0.2) is 0 Å². The predicted octanol–water partition coefficient (Wildman–Crippen LogP) is 5.55. The van der Waals surface area contributed by atoms with E-state index in [-0.39, 0.29) is 0 Å². The van der Waals surface area contributed by atoms with E-state index < -0.39 is 0 Å². The van der Waals surface area contributed by atoms with E-state index >= 15 is 0 Å². The van der Waals surface area contributed by atoms with Crippen molar-refractivity contribution in [3.63, 3.8) is 0 Å². The van der Waals surface area contributed by atoms with E-state index in [1.54, 1.807) is 0 Å². The molecule has 0 saturated heterocycles. The minimum atomic E-state index is 0.456. The molecule has 1 fully saturated rings. The van der Waals surface area contributed by atoms with E-state index in [4.69, 9.17) is 6.42 Å². The summed E-state index contributed by atoms with van der Waals surface area (Å²) < 4.78 is 0. The first-order valence-corrected chi connectivity index (χ1v) is 8.17. The van der Waals surface area contributed by atoms with Crippen LogP contribution in [0.3, 0.4) is 0 Å². The number of rotatable bonds is 6. The molecule has 0 aromatic carbocycles. The molecule has 5 unspecified atom stereocenters. The molecule has 0 heterocycles. The van der Waals surface area contributed by atoms with Crippen LogP contribution in [-0.4, -0.2) is 0 Å². The maximum Gasteiger partial charge on any atom is 0.0264 e. The van der Waals surface area contributed by atoms with Crippen LogP contribution < -0.4 is 0 Å². The zero-order valence-electron chi connectivity index (χ0n) is 13.4. The molecule has 19 heavy (non-hydrogen) atoms. The highest BCUT2D eigenvalue weighted by atomic mass is 14.5. The predicted molar refractivity (Wildman–Crippen MR) is 85.8 cm³/mol. The molecular weight excluding hydrogens is 228 g/mol. The number of hydrogen-bond donors (Lipinski definition) is 0. The summed E-state index contributed by atoms with van der Waals surface area (Å²) >= 11 is 0. The Morgan fingerprint density at radius 3 is 2.42 bits per heavy atom. The monoisotopic (exact) mass is 260 g/mol. The van der Waals surface area contributed by atoms with E-state index in [9.17, 15) is 0 Å².